The minimum atomic E-state index is -0.627. The van der Waals surface area contributed by atoms with Crippen molar-refractivity contribution in [3.05, 3.63) is 96.1 Å². The summed E-state index contributed by atoms with van der Waals surface area (Å²) in [4.78, 5) is 30.5. The van der Waals surface area contributed by atoms with Crippen LogP contribution in [0.4, 0.5) is 5.69 Å². The fourth-order valence-corrected chi connectivity index (χ4v) is 4.27. The average molecular weight is 458 g/mol. The smallest absolute Gasteiger partial charge is 0.251 e. The van der Waals surface area contributed by atoms with E-state index in [1.54, 1.807) is 12.1 Å². The number of benzene rings is 3. The number of hydrogen-bond acceptors (Lipinski definition) is 4. The maximum Gasteiger partial charge on any atom is 0.251 e. The Labute approximate surface area is 201 Å². The predicted molar refractivity (Wildman–Crippen MR) is 134 cm³/mol. The molecule has 3 aromatic rings. The van der Waals surface area contributed by atoms with Crippen molar-refractivity contribution in [3.63, 3.8) is 0 Å². The lowest BCUT2D eigenvalue weighted by molar-refractivity contribution is -0.133. The van der Waals surface area contributed by atoms with Crippen LogP contribution in [0, 0.1) is 0 Å². The van der Waals surface area contributed by atoms with E-state index >= 15 is 0 Å². The van der Waals surface area contributed by atoms with E-state index in [-0.39, 0.29) is 11.8 Å². The van der Waals surface area contributed by atoms with Gasteiger partial charge in [-0.25, -0.2) is 0 Å². The van der Waals surface area contributed by atoms with E-state index in [0.29, 0.717) is 44.8 Å². The number of rotatable bonds is 8. The number of nitrogens with zero attached hydrogens (tertiary/aromatic N) is 2. The molecule has 0 unspecified atom stereocenters. The summed E-state index contributed by atoms with van der Waals surface area (Å²) in [6.07, 6.45) is 0.450. The Balaban J connectivity index is 1.45. The molecule has 0 bridgehead atoms. The van der Waals surface area contributed by atoms with Crippen molar-refractivity contribution >= 4 is 17.5 Å². The van der Waals surface area contributed by atoms with Crippen molar-refractivity contribution in [1.82, 2.24) is 10.2 Å². The van der Waals surface area contributed by atoms with E-state index in [0.717, 1.165) is 17.0 Å². The quantitative estimate of drug-likeness (QED) is 0.559. The minimum absolute atomic E-state index is 0.0501. The molecule has 1 aliphatic rings. The number of para-hydroxylation sites is 2. The van der Waals surface area contributed by atoms with Crippen molar-refractivity contribution < 1.29 is 14.3 Å². The zero-order valence-corrected chi connectivity index (χ0v) is 19.5. The molecule has 1 atom stereocenters. The molecule has 0 aliphatic carbocycles. The molecule has 6 nitrogen and oxygen atoms in total. The van der Waals surface area contributed by atoms with Crippen LogP contribution in [0.15, 0.2) is 84.9 Å². The highest BCUT2D eigenvalue weighted by Gasteiger charge is 2.29. The first-order valence-corrected chi connectivity index (χ1v) is 11.8. The normalized spacial score (nSPS) is 14.4. The monoisotopic (exact) mass is 457 g/mol. The van der Waals surface area contributed by atoms with Gasteiger partial charge in [0.05, 0.1) is 12.3 Å². The van der Waals surface area contributed by atoms with E-state index in [4.69, 9.17) is 4.74 Å². The summed E-state index contributed by atoms with van der Waals surface area (Å²) >= 11 is 0. The van der Waals surface area contributed by atoms with Gasteiger partial charge in [-0.3, -0.25) is 9.59 Å². The average Bonchev–Trinajstić information content (AvgIpc) is 2.89. The highest BCUT2D eigenvalue weighted by molar-refractivity contribution is 5.97. The summed E-state index contributed by atoms with van der Waals surface area (Å²) in [5, 5.41) is 2.98. The number of anilines is 1. The molecule has 1 aliphatic heterocycles. The zero-order valence-electron chi connectivity index (χ0n) is 19.5. The molecule has 0 saturated carbocycles. The Hall–Kier alpha value is -3.80. The van der Waals surface area contributed by atoms with Gasteiger partial charge in [-0.2, -0.15) is 0 Å². The van der Waals surface area contributed by atoms with Gasteiger partial charge >= 0.3 is 0 Å². The molecule has 0 radical (unpaired) electrons. The summed E-state index contributed by atoms with van der Waals surface area (Å²) in [6.45, 7) is 5.18. The summed E-state index contributed by atoms with van der Waals surface area (Å²) in [7, 11) is 0. The molecule has 3 aromatic carbocycles. The molecular weight excluding hydrogens is 426 g/mol. The van der Waals surface area contributed by atoms with Crippen LogP contribution in [0.3, 0.4) is 0 Å². The fraction of sp³-hybridized carbons (Fsp3) is 0.286. The van der Waals surface area contributed by atoms with Gasteiger partial charge in [0, 0.05) is 38.2 Å². The number of carbonyl (C=O) groups excluding carboxylic acids is 2. The Morgan fingerprint density at radius 3 is 2.15 bits per heavy atom. The van der Waals surface area contributed by atoms with Crippen LogP contribution in [0.5, 0.6) is 5.75 Å². The molecule has 2 amide bonds. The van der Waals surface area contributed by atoms with Crippen LogP contribution in [0.2, 0.25) is 0 Å². The van der Waals surface area contributed by atoms with Crippen LogP contribution in [0.1, 0.15) is 22.8 Å². The summed E-state index contributed by atoms with van der Waals surface area (Å²) < 4.78 is 5.79. The largest absolute Gasteiger partial charge is 0.492 e. The zero-order chi connectivity index (χ0) is 23.8. The van der Waals surface area contributed by atoms with Gasteiger partial charge in [0.25, 0.3) is 5.91 Å². The van der Waals surface area contributed by atoms with Gasteiger partial charge in [0.2, 0.25) is 5.91 Å². The Bertz CT molecular complexity index is 1080. The van der Waals surface area contributed by atoms with Crippen LogP contribution in [-0.2, 0) is 11.2 Å². The number of carbonyl (C=O) groups is 2. The number of hydrogen-bond donors (Lipinski definition) is 1. The summed E-state index contributed by atoms with van der Waals surface area (Å²) in [6, 6.07) is 26.2. The van der Waals surface area contributed by atoms with Crippen LogP contribution < -0.4 is 15.0 Å². The number of amides is 2. The van der Waals surface area contributed by atoms with Gasteiger partial charge in [-0.1, -0.05) is 60.7 Å². The number of nitrogens with one attached hydrogen (secondary N) is 1. The topological polar surface area (TPSA) is 61.9 Å². The van der Waals surface area contributed by atoms with Gasteiger partial charge in [0.1, 0.15) is 11.8 Å². The Morgan fingerprint density at radius 2 is 1.47 bits per heavy atom. The van der Waals surface area contributed by atoms with Gasteiger partial charge in [0.15, 0.2) is 0 Å². The summed E-state index contributed by atoms with van der Waals surface area (Å²) in [5.41, 5.74) is 2.61. The van der Waals surface area contributed by atoms with E-state index in [1.165, 1.54) is 0 Å². The molecule has 1 saturated heterocycles. The van der Waals surface area contributed by atoms with E-state index in [2.05, 4.69) is 16.3 Å². The summed E-state index contributed by atoms with van der Waals surface area (Å²) in [5.74, 6) is 0.576. The van der Waals surface area contributed by atoms with E-state index in [9.17, 15) is 9.59 Å². The molecule has 176 valence electrons. The Morgan fingerprint density at radius 1 is 0.853 bits per heavy atom. The molecule has 4 rings (SSSR count). The lowest BCUT2D eigenvalue weighted by Gasteiger charge is -2.38. The highest BCUT2D eigenvalue weighted by atomic mass is 16.5. The molecular formula is C28H31N3O3. The third-order valence-corrected chi connectivity index (χ3v) is 6.02. The number of piperazine rings is 1. The number of ether oxygens (including phenoxy) is 1. The van der Waals surface area contributed by atoms with Gasteiger partial charge in [-0.15, -0.1) is 0 Å². The second kappa shape index (κ2) is 11.4. The maximum absolute atomic E-state index is 13.6. The molecule has 34 heavy (non-hydrogen) atoms. The Kier molecular flexibility index (Phi) is 7.81. The second-order valence-electron chi connectivity index (χ2n) is 8.29. The van der Waals surface area contributed by atoms with Crippen LogP contribution >= 0.6 is 0 Å². The molecule has 6 heteroatoms. The van der Waals surface area contributed by atoms with Crippen molar-refractivity contribution in [2.24, 2.45) is 0 Å². The molecule has 1 N–H and O–H groups in total. The third kappa shape index (κ3) is 5.76. The highest BCUT2D eigenvalue weighted by Crippen LogP contribution is 2.29. The van der Waals surface area contributed by atoms with Gasteiger partial charge in [-0.05, 0) is 36.8 Å². The molecule has 0 aromatic heterocycles. The first kappa shape index (κ1) is 23.4. The third-order valence-electron chi connectivity index (χ3n) is 6.02. The van der Waals surface area contributed by atoms with Crippen molar-refractivity contribution in [2.45, 2.75) is 19.4 Å². The van der Waals surface area contributed by atoms with Gasteiger partial charge < -0.3 is 19.9 Å². The fourth-order valence-electron chi connectivity index (χ4n) is 4.27. The van der Waals surface area contributed by atoms with E-state index < -0.39 is 6.04 Å². The predicted octanol–water partition coefficient (Wildman–Crippen LogP) is 3.78. The first-order valence-electron chi connectivity index (χ1n) is 11.8. The minimum Gasteiger partial charge on any atom is -0.492 e. The van der Waals surface area contributed by atoms with Crippen LogP contribution in [0.25, 0.3) is 0 Å². The van der Waals surface area contributed by atoms with Crippen molar-refractivity contribution in [1.29, 1.82) is 0 Å². The SMILES string of the molecule is CCOc1ccccc1N1CCN(C(=O)[C@H](Cc2ccccc2)NC(=O)c2ccccc2)CC1. The molecule has 0 spiro atoms. The maximum atomic E-state index is 13.6. The van der Waals surface area contributed by atoms with Crippen molar-refractivity contribution in [2.75, 3.05) is 37.7 Å². The first-order chi connectivity index (χ1) is 16.7. The van der Waals surface area contributed by atoms with Crippen LogP contribution in [-0.4, -0.2) is 55.5 Å². The standard InChI is InChI=1S/C28H31N3O3/c1-2-34-26-16-10-9-15-25(26)30-17-19-31(20-18-30)28(33)24(21-22-11-5-3-6-12-22)29-27(32)23-13-7-4-8-14-23/h3-16,24H,2,17-21H2,1H3,(H,29,32)/t24-/m0/s1. The lowest BCUT2D eigenvalue weighted by Crippen LogP contribution is -2.55. The molecule has 1 heterocycles. The van der Waals surface area contributed by atoms with E-state index in [1.807, 2.05) is 78.6 Å². The lowest BCUT2D eigenvalue weighted by atomic mass is 10.0. The molecule has 1 fully saturated rings. The second-order valence-corrected chi connectivity index (χ2v) is 8.29. The van der Waals surface area contributed by atoms with Crippen molar-refractivity contribution in [3.8, 4) is 5.75 Å².